The molecule has 2 rings (SSSR count). The summed E-state index contributed by atoms with van der Waals surface area (Å²) < 4.78 is 39.3. The van der Waals surface area contributed by atoms with Crippen molar-refractivity contribution in [2.45, 2.75) is 25.9 Å². The summed E-state index contributed by atoms with van der Waals surface area (Å²) in [5.74, 6) is -0.820. The van der Waals surface area contributed by atoms with Gasteiger partial charge in [0.25, 0.3) is 5.91 Å². The van der Waals surface area contributed by atoms with E-state index in [0.29, 0.717) is 32.5 Å². The van der Waals surface area contributed by atoms with Crippen molar-refractivity contribution in [2.24, 2.45) is 0 Å². The topological polar surface area (TPSA) is 61.4 Å². The van der Waals surface area contributed by atoms with Crippen molar-refractivity contribution in [1.29, 1.82) is 0 Å². The molecule has 0 saturated carbocycles. The molecule has 5 nitrogen and oxygen atoms in total. The van der Waals surface area contributed by atoms with Crippen molar-refractivity contribution in [3.8, 4) is 0 Å². The highest BCUT2D eigenvalue weighted by Crippen LogP contribution is 2.34. The van der Waals surface area contributed by atoms with Crippen LogP contribution in [0.4, 0.5) is 18.9 Å². The van der Waals surface area contributed by atoms with E-state index in [1.54, 1.807) is 0 Å². The van der Waals surface area contributed by atoms with E-state index in [4.69, 9.17) is 0 Å². The molecule has 1 aliphatic heterocycles. The summed E-state index contributed by atoms with van der Waals surface area (Å²) in [6.07, 6.45) is -3.68. The minimum absolute atomic E-state index is 0.101. The highest BCUT2D eigenvalue weighted by molar-refractivity contribution is 5.99. The zero-order chi connectivity index (χ0) is 17.7. The van der Waals surface area contributed by atoms with Crippen LogP contribution >= 0.6 is 0 Å². The van der Waals surface area contributed by atoms with Gasteiger partial charge in [-0.3, -0.25) is 9.59 Å². The summed E-state index contributed by atoms with van der Waals surface area (Å²) in [5.41, 5.74) is -0.920. The molecule has 132 valence electrons. The molecule has 0 bridgehead atoms. The molecule has 1 heterocycles. The number of benzene rings is 1. The van der Waals surface area contributed by atoms with Crippen LogP contribution in [0, 0.1) is 0 Å². The summed E-state index contributed by atoms with van der Waals surface area (Å²) in [4.78, 5) is 25.2. The Morgan fingerprint density at radius 3 is 2.58 bits per heavy atom. The predicted octanol–water partition coefficient (Wildman–Crippen LogP) is 2.17. The van der Waals surface area contributed by atoms with Crippen LogP contribution in [0.3, 0.4) is 0 Å². The Morgan fingerprint density at radius 2 is 2.00 bits per heavy atom. The van der Waals surface area contributed by atoms with Gasteiger partial charge in [0.15, 0.2) is 0 Å². The minimum atomic E-state index is -4.59. The van der Waals surface area contributed by atoms with E-state index < -0.39 is 17.6 Å². The molecule has 1 aromatic carbocycles. The molecule has 1 fully saturated rings. The van der Waals surface area contributed by atoms with Crippen molar-refractivity contribution in [2.75, 3.05) is 31.1 Å². The van der Waals surface area contributed by atoms with E-state index in [1.807, 2.05) is 6.92 Å². The Labute approximate surface area is 138 Å². The fraction of sp³-hybridized carbons (Fsp3) is 0.500. The zero-order valence-corrected chi connectivity index (χ0v) is 13.4. The van der Waals surface area contributed by atoms with Crippen molar-refractivity contribution in [1.82, 2.24) is 10.6 Å². The molecule has 1 saturated heterocycles. The maximum atomic E-state index is 13.1. The average molecular weight is 343 g/mol. The lowest BCUT2D eigenvalue weighted by Crippen LogP contribution is -2.32. The van der Waals surface area contributed by atoms with E-state index in [-0.39, 0.29) is 17.2 Å². The standard InChI is InChI=1S/C16H20F3N3O2/c1-2-20-5-6-21-15(24)11-8-12(16(17,18)19)10-13(9-11)22-7-3-4-14(22)23/h8-10,20H,2-7H2,1H3,(H,21,24). The van der Waals surface area contributed by atoms with Gasteiger partial charge < -0.3 is 15.5 Å². The quantitative estimate of drug-likeness (QED) is 0.778. The number of hydrogen-bond acceptors (Lipinski definition) is 3. The lowest BCUT2D eigenvalue weighted by molar-refractivity contribution is -0.137. The molecule has 0 spiro atoms. The highest BCUT2D eigenvalue weighted by Gasteiger charge is 2.33. The van der Waals surface area contributed by atoms with Crippen LogP contribution in [0.5, 0.6) is 0 Å². The van der Waals surface area contributed by atoms with Gasteiger partial charge in [-0.25, -0.2) is 0 Å². The van der Waals surface area contributed by atoms with Crippen molar-refractivity contribution in [3.63, 3.8) is 0 Å². The van der Waals surface area contributed by atoms with Crippen molar-refractivity contribution >= 4 is 17.5 Å². The Kier molecular flexibility index (Phi) is 5.82. The lowest BCUT2D eigenvalue weighted by atomic mass is 10.1. The SMILES string of the molecule is CCNCCNC(=O)c1cc(N2CCCC2=O)cc(C(F)(F)F)c1. The normalized spacial score (nSPS) is 15.0. The number of alkyl halides is 3. The number of carbonyl (C=O) groups excluding carboxylic acids is 2. The monoisotopic (exact) mass is 343 g/mol. The van der Waals surface area contributed by atoms with Gasteiger partial charge in [-0.15, -0.1) is 0 Å². The fourth-order valence-corrected chi connectivity index (χ4v) is 2.53. The van der Waals surface area contributed by atoms with E-state index in [1.165, 1.54) is 11.0 Å². The first-order valence-corrected chi connectivity index (χ1v) is 7.84. The van der Waals surface area contributed by atoms with Crippen LogP contribution in [0.2, 0.25) is 0 Å². The number of anilines is 1. The molecule has 2 amide bonds. The lowest BCUT2D eigenvalue weighted by Gasteiger charge is -2.19. The number of likely N-dealkylation sites (N-methyl/N-ethyl adjacent to an activating group) is 1. The molecular weight excluding hydrogens is 323 g/mol. The Balaban J connectivity index is 2.26. The second-order valence-corrected chi connectivity index (χ2v) is 5.52. The maximum Gasteiger partial charge on any atom is 0.416 e. The summed E-state index contributed by atoms with van der Waals surface area (Å²) in [5, 5.41) is 5.57. The number of carbonyl (C=O) groups is 2. The third kappa shape index (κ3) is 4.47. The van der Waals surface area contributed by atoms with E-state index in [9.17, 15) is 22.8 Å². The zero-order valence-electron chi connectivity index (χ0n) is 13.4. The van der Waals surface area contributed by atoms with Crippen LogP contribution < -0.4 is 15.5 Å². The van der Waals surface area contributed by atoms with Crippen LogP contribution in [-0.4, -0.2) is 38.0 Å². The van der Waals surface area contributed by atoms with Gasteiger partial charge in [-0.2, -0.15) is 13.2 Å². The first-order chi connectivity index (χ1) is 11.3. The molecule has 0 aliphatic carbocycles. The number of halogens is 3. The van der Waals surface area contributed by atoms with E-state index in [2.05, 4.69) is 10.6 Å². The van der Waals surface area contributed by atoms with Crippen LogP contribution in [-0.2, 0) is 11.0 Å². The first-order valence-electron chi connectivity index (χ1n) is 7.84. The Bertz CT molecular complexity index is 617. The van der Waals surface area contributed by atoms with Gasteiger partial charge in [-0.1, -0.05) is 6.92 Å². The summed E-state index contributed by atoms with van der Waals surface area (Å²) in [6.45, 7) is 3.84. The Hall–Kier alpha value is -2.09. The third-order valence-electron chi connectivity index (χ3n) is 3.73. The van der Waals surface area contributed by atoms with E-state index >= 15 is 0 Å². The van der Waals surface area contributed by atoms with Gasteiger partial charge in [0.2, 0.25) is 5.91 Å². The molecular formula is C16H20F3N3O2. The minimum Gasteiger partial charge on any atom is -0.351 e. The smallest absolute Gasteiger partial charge is 0.351 e. The molecule has 0 radical (unpaired) electrons. The summed E-state index contributed by atoms with van der Waals surface area (Å²) >= 11 is 0. The summed E-state index contributed by atoms with van der Waals surface area (Å²) in [6, 6.07) is 3.06. The second-order valence-electron chi connectivity index (χ2n) is 5.52. The number of hydrogen-bond donors (Lipinski definition) is 2. The number of rotatable bonds is 6. The van der Waals surface area contributed by atoms with Gasteiger partial charge >= 0.3 is 6.18 Å². The molecule has 1 aromatic rings. The average Bonchev–Trinajstić information content (AvgIpc) is 2.96. The van der Waals surface area contributed by atoms with Crippen LogP contribution in [0.15, 0.2) is 18.2 Å². The number of nitrogens with zero attached hydrogens (tertiary/aromatic N) is 1. The highest BCUT2D eigenvalue weighted by atomic mass is 19.4. The molecule has 1 aliphatic rings. The molecule has 2 N–H and O–H groups in total. The second kappa shape index (κ2) is 7.65. The molecule has 0 atom stereocenters. The van der Waals surface area contributed by atoms with Gasteiger partial charge in [0.05, 0.1) is 5.56 Å². The summed E-state index contributed by atoms with van der Waals surface area (Å²) in [7, 11) is 0. The van der Waals surface area contributed by atoms with E-state index in [0.717, 1.165) is 18.7 Å². The number of nitrogens with one attached hydrogen (secondary N) is 2. The van der Waals surface area contributed by atoms with Gasteiger partial charge in [-0.05, 0) is 31.2 Å². The van der Waals surface area contributed by atoms with Gasteiger partial charge in [0, 0.05) is 37.3 Å². The van der Waals surface area contributed by atoms with Crippen molar-refractivity contribution < 1.29 is 22.8 Å². The largest absolute Gasteiger partial charge is 0.416 e. The maximum absolute atomic E-state index is 13.1. The van der Waals surface area contributed by atoms with Crippen molar-refractivity contribution in [3.05, 3.63) is 29.3 Å². The Morgan fingerprint density at radius 1 is 1.25 bits per heavy atom. The fourth-order valence-electron chi connectivity index (χ4n) is 2.53. The van der Waals surface area contributed by atoms with Crippen LogP contribution in [0.25, 0.3) is 0 Å². The molecule has 0 unspecified atom stereocenters. The van der Waals surface area contributed by atoms with Crippen LogP contribution in [0.1, 0.15) is 35.7 Å². The first kappa shape index (κ1) is 18.3. The third-order valence-corrected chi connectivity index (χ3v) is 3.73. The molecule has 0 aromatic heterocycles. The predicted molar refractivity (Wildman–Crippen MR) is 83.9 cm³/mol. The number of amides is 2. The molecule has 8 heteroatoms. The molecule has 24 heavy (non-hydrogen) atoms. The van der Waals surface area contributed by atoms with Gasteiger partial charge in [0.1, 0.15) is 0 Å².